The second-order valence-corrected chi connectivity index (χ2v) is 10.1. The zero-order valence-corrected chi connectivity index (χ0v) is 18.7. The minimum atomic E-state index is -3.57. The highest BCUT2D eigenvalue weighted by molar-refractivity contribution is 7.86. The van der Waals surface area contributed by atoms with Gasteiger partial charge in [0.1, 0.15) is 5.75 Å². The van der Waals surface area contributed by atoms with Crippen molar-refractivity contribution < 1.29 is 17.3 Å². The fraction of sp³-hybridized carbons (Fsp3) is 0.500. The molecule has 1 heterocycles. The van der Waals surface area contributed by atoms with Crippen LogP contribution in [-0.2, 0) is 27.1 Å². The van der Waals surface area contributed by atoms with Gasteiger partial charge in [-0.3, -0.25) is 4.18 Å². The molecule has 0 saturated carbocycles. The minimum absolute atomic E-state index is 0.0252. The molecular formula is C24H31NO4S. The quantitative estimate of drug-likeness (QED) is 0.710. The molecule has 1 fully saturated rings. The van der Waals surface area contributed by atoms with Gasteiger partial charge in [-0.1, -0.05) is 43.3 Å². The summed E-state index contributed by atoms with van der Waals surface area (Å²) in [4.78, 5) is 0. The fourth-order valence-electron chi connectivity index (χ4n) is 5.36. The van der Waals surface area contributed by atoms with E-state index in [1.54, 1.807) is 7.11 Å². The normalized spacial score (nSPS) is 28.4. The third kappa shape index (κ3) is 4.41. The van der Waals surface area contributed by atoms with Crippen LogP contribution in [0.5, 0.6) is 5.75 Å². The lowest BCUT2D eigenvalue weighted by Crippen LogP contribution is -2.61. The number of hydrogen-bond donors (Lipinski definition) is 1. The Hall–Kier alpha value is -1.89. The third-order valence-electron chi connectivity index (χ3n) is 6.64. The Labute approximate surface area is 179 Å². The van der Waals surface area contributed by atoms with Gasteiger partial charge in [-0.15, -0.1) is 0 Å². The number of hydrogen-bond acceptors (Lipinski definition) is 5. The predicted molar refractivity (Wildman–Crippen MR) is 118 cm³/mol. The maximum atomic E-state index is 12.2. The van der Waals surface area contributed by atoms with Crippen LogP contribution in [-0.4, -0.2) is 40.0 Å². The van der Waals surface area contributed by atoms with Crippen molar-refractivity contribution in [2.24, 2.45) is 5.92 Å². The molecule has 5 atom stereocenters. The molecule has 0 bridgehead atoms. The molecule has 1 aliphatic carbocycles. The maximum absolute atomic E-state index is 12.2. The van der Waals surface area contributed by atoms with Gasteiger partial charge in [-0.25, -0.2) is 0 Å². The molecule has 5 unspecified atom stereocenters. The summed E-state index contributed by atoms with van der Waals surface area (Å²) in [6.07, 6.45) is 4.44. The van der Waals surface area contributed by atoms with Crippen LogP contribution >= 0.6 is 0 Å². The van der Waals surface area contributed by atoms with Crippen molar-refractivity contribution in [1.82, 2.24) is 5.32 Å². The first-order valence-electron chi connectivity index (χ1n) is 10.7. The van der Waals surface area contributed by atoms with Crippen LogP contribution in [0.2, 0.25) is 0 Å². The number of aryl methyl sites for hydroxylation is 1. The Morgan fingerprint density at radius 2 is 1.87 bits per heavy atom. The van der Waals surface area contributed by atoms with Crippen LogP contribution in [0.4, 0.5) is 0 Å². The van der Waals surface area contributed by atoms with E-state index in [1.165, 1.54) is 16.7 Å². The number of benzene rings is 2. The van der Waals surface area contributed by atoms with Crippen molar-refractivity contribution in [3.8, 4) is 5.75 Å². The largest absolute Gasteiger partial charge is 0.497 e. The number of ether oxygens (including phenoxy) is 1. The Balaban J connectivity index is 1.75. The molecule has 1 N–H and O–H groups in total. The summed E-state index contributed by atoms with van der Waals surface area (Å²) in [5.41, 5.74) is 3.75. The first kappa shape index (κ1) is 21.3. The smallest absolute Gasteiger partial charge is 0.264 e. The molecule has 0 aromatic heterocycles. The average molecular weight is 430 g/mol. The molecule has 2 aromatic rings. The van der Waals surface area contributed by atoms with Crippen molar-refractivity contribution in [3.63, 3.8) is 0 Å². The highest BCUT2D eigenvalue weighted by atomic mass is 32.2. The zero-order chi connectivity index (χ0) is 21.3. The first-order chi connectivity index (χ1) is 14.4. The zero-order valence-electron chi connectivity index (χ0n) is 17.9. The monoisotopic (exact) mass is 429 g/mol. The van der Waals surface area contributed by atoms with Gasteiger partial charge in [0.2, 0.25) is 0 Å². The van der Waals surface area contributed by atoms with Crippen LogP contribution in [0.1, 0.15) is 42.4 Å². The second kappa shape index (κ2) is 8.69. The maximum Gasteiger partial charge on any atom is 0.264 e. The summed E-state index contributed by atoms with van der Waals surface area (Å²) in [7, 11) is -1.90. The van der Waals surface area contributed by atoms with E-state index in [-0.39, 0.29) is 18.0 Å². The summed E-state index contributed by atoms with van der Waals surface area (Å²) in [6, 6.07) is 17.0. The number of piperidine rings is 1. The van der Waals surface area contributed by atoms with E-state index in [9.17, 15) is 8.42 Å². The van der Waals surface area contributed by atoms with Crippen LogP contribution in [0.15, 0.2) is 48.5 Å². The van der Waals surface area contributed by atoms with Crippen molar-refractivity contribution in [2.45, 2.75) is 56.7 Å². The molecule has 30 heavy (non-hydrogen) atoms. The average Bonchev–Trinajstić information content (AvgIpc) is 2.74. The summed E-state index contributed by atoms with van der Waals surface area (Å²) in [5, 5.41) is 3.76. The van der Waals surface area contributed by atoms with Gasteiger partial charge in [-0.05, 0) is 60.4 Å². The van der Waals surface area contributed by atoms with E-state index in [0.717, 1.165) is 37.7 Å². The Morgan fingerprint density at radius 1 is 1.10 bits per heavy atom. The lowest BCUT2D eigenvalue weighted by atomic mass is 9.64. The molecule has 5 nitrogen and oxygen atoms in total. The fourth-order valence-corrected chi connectivity index (χ4v) is 6.01. The first-order valence-corrected chi connectivity index (χ1v) is 12.6. The predicted octanol–water partition coefficient (Wildman–Crippen LogP) is 3.68. The molecule has 0 radical (unpaired) electrons. The van der Waals surface area contributed by atoms with Gasteiger partial charge in [-0.2, -0.15) is 8.42 Å². The third-order valence-corrected chi connectivity index (χ3v) is 7.21. The van der Waals surface area contributed by atoms with E-state index in [1.807, 2.05) is 12.1 Å². The molecule has 0 amide bonds. The van der Waals surface area contributed by atoms with E-state index in [2.05, 4.69) is 48.6 Å². The summed E-state index contributed by atoms with van der Waals surface area (Å²) in [5.74, 6) is 1.18. The number of methoxy groups -OCH3 is 1. The SMILES string of the molecule is CCC1NC(Cc2ccccc2)C2CCc3cc(OC)ccc3C2C1OS(C)(=O)=O. The topological polar surface area (TPSA) is 64.6 Å². The van der Waals surface area contributed by atoms with Crippen molar-refractivity contribution in [3.05, 3.63) is 65.2 Å². The molecule has 6 heteroatoms. The van der Waals surface area contributed by atoms with Gasteiger partial charge < -0.3 is 10.1 Å². The van der Waals surface area contributed by atoms with Crippen molar-refractivity contribution >= 4 is 10.1 Å². The molecule has 4 rings (SSSR count). The van der Waals surface area contributed by atoms with E-state index in [0.29, 0.717) is 5.92 Å². The van der Waals surface area contributed by atoms with E-state index in [4.69, 9.17) is 8.92 Å². The minimum Gasteiger partial charge on any atom is -0.497 e. The molecule has 0 spiro atoms. The van der Waals surface area contributed by atoms with Gasteiger partial charge >= 0.3 is 0 Å². The van der Waals surface area contributed by atoms with Crippen LogP contribution in [0.3, 0.4) is 0 Å². The summed E-state index contributed by atoms with van der Waals surface area (Å²) >= 11 is 0. The Kier molecular flexibility index (Phi) is 6.19. The lowest BCUT2D eigenvalue weighted by molar-refractivity contribution is 0.0366. The number of fused-ring (bicyclic) bond motifs is 3. The van der Waals surface area contributed by atoms with E-state index >= 15 is 0 Å². The molecule has 1 aliphatic heterocycles. The Bertz CT molecular complexity index is 976. The summed E-state index contributed by atoms with van der Waals surface area (Å²) < 4.78 is 35.5. The number of nitrogens with one attached hydrogen (secondary N) is 1. The van der Waals surface area contributed by atoms with Gasteiger partial charge in [0, 0.05) is 18.0 Å². The van der Waals surface area contributed by atoms with Crippen LogP contribution in [0.25, 0.3) is 0 Å². The van der Waals surface area contributed by atoms with Gasteiger partial charge in [0.05, 0.1) is 19.5 Å². The molecule has 2 aromatic carbocycles. The molecule has 162 valence electrons. The highest BCUT2D eigenvalue weighted by Gasteiger charge is 2.48. The molecule has 2 aliphatic rings. The van der Waals surface area contributed by atoms with Gasteiger partial charge in [0.25, 0.3) is 10.1 Å². The lowest BCUT2D eigenvalue weighted by Gasteiger charge is -2.50. The van der Waals surface area contributed by atoms with Gasteiger partial charge in [0.15, 0.2) is 0 Å². The summed E-state index contributed by atoms with van der Waals surface area (Å²) in [6.45, 7) is 2.09. The van der Waals surface area contributed by atoms with Crippen molar-refractivity contribution in [2.75, 3.05) is 13.4 Å². The second-order valence-electron chi connectivity index (χ2n) is 8.54. The number of rotatable bonds is 6. The molecule has 1 saturated heterocycles. The van der Waals surface area contributed by atoms with Crippen LogP contribution < -0.4 is 10.1 Å². The molecular weight excluding hydrogens is 398 g/mol. The van der Waals surface area contributed by atoms with Crippen LogP contribution in [0, 0.1) is 5.92 Å². The standard InChI is InChI=1S/C24H31NO4S/c1-4-21-24(29-30(3,26)27)23-19-13-11-18(28-2)15-17(19)10-12-20(23)22(25-21)14-16-8-6-5-7-9-16/h5-9,11,13,15,20-25H,4,10,12,14H2,1-3H3. The van der Waals surface area contributed by atoms with E-state index < -0.39 is 16.2 Å². The highest BCUT2D eigenvalue weighted by Crippen LogP contribution is 2.47. The van der Waals surface area contributed by atoms with Crippen molar-refractivity contribution in [1.29, 1.82) is 0 Å². The Morgan fingerprint density at radius 3 is 2.53 bits per heavy atom.